The molecular formula is C41H66O16S. The molecular weight excluding hydrogens is 781 g/mol. The highest BCUT2D eigenvalue weighted by Crippen LogP contribution is 2.77. The summed E-state index contributed by atoms with van der Waals surface area (Å²) in [5.41, 5.74) is -4.89. The van der Waals surface area contributed by atoms with E-state index in [1.165, 1.54) is 6.92 Å². The fraction of sp³-hybridized carbons (Fsp3) is 0.927. The Kier molecular flexibility index (Phi) is 11.5. The van der Waals surface area contributed by atoms with Gasteiger partial charge in [0.1, 0.15) is 53.2 Å². The number of ether oxygens (including phenoxy) is 5. The number of cyclic esters (lactones) is 1. The van der Waals surface area contributed by atoms with Gasteiger partial charge in [0.25, 0.3) is 0 Å². The van der Waals surface area contributed by atoms with Crippen LogP contribution in [0.4, 0.5) is 0 Å². The number of esters is 1. The smallest absolute Gasteiger partial charge is 0.397 e. The molecule has 0 radical (unpaired) electrons. The Morgan fingerprint density at radius 3 is 2.24 bits per heavy atom. The Balaban J connectivity index is 1.15. The molecule has 6 fully saturated rings. The Labute approximate surface area is 341 Å². The zero-order valence-electron chi connectivity index (χ0n) is 34.9. The van der Waals surface area contributed by atoms with Gasteiger partial charge < -0.3 is 54.3 Å². The monoisotopic (exact) mass is 846 g/mol. The summed E-state index contributed by atoms with van der Waals surface area (Å²) in [5.74, 6) is -0.164. The van der Waals surface area contributed by atoms with Crippen molar-refractivity contribution in [1.82, 2.24) is 0 Å². The van der Waals surface area contributed by atoms with Gasteiger partial charge in [0, 0.05) is 0 Å². The standard InChI is InChI=1S/C41H66O16S/c1-20(2)10-9-14-39(8)40(48)17-16-38(7)22-11-12-25-36(4,5)27(13-15-37(25,6)23(22)18-26(42)41(38,40)35(47)56-39)54-34-32(29(44)24(19-52-34)57-58(49,50)51)55-33-31(46)30(45)28(43)21(3)53-33/h18,20-22,24-34,42-46,48H,9-17,19H2,1-8H3,(H,49,50,51)/t21-,22?,24-,25?,26?,27+,28-,29+,30+,31-,32-,33+,34+,37-,38+,39+,40+,41?/m1/s1. The van der Waals surface area contributed by atoms with Gasteiger partial charge in [-0.3, -0.25) is 9.35 Å². The molecule has 3 saturated carbocycles. The van der Waals surface area contributed by atoms with E-state index >= 15 is 0 Å². The molecule has 3 saturated heterocycles. The molecule has 4 unspecified atom stereocenters. The number of hydrogen-bond acceptors (Lipinski definition) is 15. The minimum absolute atomic E-state index is 0.00676. The summed E-state index contributed by atoms with van der Waals surface area (Å²) in [6, 6.07) is 0. The Morgan fingerprint density at radius 2 is 1.59 bits per heavy atom. The van der Waals surface area contributed by atoms with Gasteiger partial charge >= 0.3 is 16.4 Å². The third-order valence-corrected chi connectivity index (χ3v) is 16.8. The summed E-state index contributed by atoms with van der Waals surface area (Å²) in [6.07, 6.45) is -8.00. The molecule has 0 aromatic carbocycles. The fourth-order valence-corrected chi connectivity index (χ4v) is 13.7. The van der Waals surface area contributed by atoms with Crippen molar-refractivity contribution < 1.29 is 76.3 Å². The maximum atomic E-state index is 14.3. The van der Waals surface area contributed by atoms with E-state index in [1.54, 1.807) is 0 Å². The quantitative estimate of drug-likeness (QED) is 0.0722. The topological polar surface area (TPSA) is 248 Å². The predicted octanol–water partition coefficient (Wildman–Crippen LogP) is 2.30. The second kappa shape index (κ2) is 14.9. The molecule has 16 nitrogen and oxygen atoms in total. The van der Waals surface area contributed by atoms with Crippen LogP contribution >= 0.6 is 0 Å². The molecule has 18 atom stereocenters. The number of aliphatic hydroxyl groups is 6. The first-order chi connectivity index (χ1) is 26.8. The van der Waals surface area contributed by atoms with E-state index in [2.05, 4.69) is 45.7 Å². The van der Waals surface area contributed by atoms with Crippen LogP contribution < -0.4 is 0 Å². The number of allylic oxidation sites excluding steroid dienone is 1. The average Bonchev–Trinajstić information content (AvgIpc) is 3.48. The molecule has 7 rings (SSSR count). The first-order valence-electron chi connectivity index (χ1n) is 21.1. The van der Waals surface area contributed by atoms with Crippen molar-refractivity contribution in [2.75, 3.05) is 6.61 Å². The normalized spacial score (nSPS) is 51.3. The third kappa shape index (κ3) is 6.50. The Bertz CT molecular complexity index is 1720. The summed E-state index contributed by atoms with van der Waals surface area (Å²) in [5, 5.41) is 67.9. The van der Waals surface area contributed by atoms with Crippen LogP contribution in [0.2, 0.25) is 0 Å². The molecule has 58 heavy (non-hydrogen) atoms. The van der Waals surface area contributed by atoms with Crippen LogP contribution in [0.1, 0.15) is 113 Å². The number of rotatable bonds is 10. The maximum absolute atomic E-state index is 14.3. The molecule has 0 aromatic heterocycles. The molecule has 1 spiro atoms. The minimum atomic E-state index is -5.03. The van der Waals surface area contributed by atoms with E-state index in [0.717, 1.165) is 24.8 Å². The number of carbonyl (C=O) groups excluding carboxylic acids is 1. The van der Waals surface area contributed by atoms with E-state index in [9.17, 15) is 48.4 Å². The van der Waals surface area contributed by atoms with Crippen LogP contribution in [0.5, 0.6) is 0 Å². The lowest BCUT2D eigenvalue weighted by molar-refractivity contribution is -0.362. The van der Waals surface area contributed by atoms with Crippen LogP contribution in [0.25, 0.3) is 0 Å². The summed E-state index contributed by atoms with van der Waals surface area (Å²) >= 11 is 0. The molecule has 0 amide bonds. The number of aliphatic hydroxyl groups excluding tert-OH is 5. The summed E-state index contributed by atoms with van der Waals surface area (Å²) in [6.45, 7) is 15.5. The van der Waals surface area contributed by atoms with E-state index in [4.69, 9.17) is 23.7 Å². The van der Waals surface area contributed by atoms with Gasteiger partial charge in [0.2, 0.25) is 0 Å². The highest BCUT2D eigenvalue weighted by Gasteiger charge is 2.85. The zero-order valence-corrected chi connectivity index (χ0v) is 35.8. The van der Waals surface area contributed by atoms with Crippen molar-refractivity contribution in [3.8, 4) is 0 Å². The predicted molar refractivity (Wildman–Crippen MR) is 204 cm³/mol. The number of fused-ring (bicyclic) bond motifs is 4. The van der Waals surface area contributed by atoms with Gasteiger partial charge in [-0.15, -0.1) is 0 Å². The highest BCUT2D eigenvalue weighted by molar-refractivity contribution is 7.80. The van der Waals surface area contributed by atoms with Crippen LogP contribution in [-0.4, -0.2) is 135 Å². The first-order valence-corrected chi connectivity index (χ1v) is 22.5. The van der Waals surface area contributed by atoms with Gasteiger partial charge in [-0.05, 0) is 99.2 Å². The highest BCUT2D eigenvalue weighted by atomic mass is 32.3. The summed E-state index contributed by atoms with van der Waals surface area (Å²) in [4.78, 5) is 14.3. The summed E-state index contributed by atoms with van der Waals surface area (Å²) in [7, 11) is -5.03. The van der Waals surface area contributed by atoms with Crippen molar-refractivity contribution in [1.29, 1.82) is 0 Å². The first kappa shape index (κ1) is 44.7. The molecule has 0 aromatic rings. The van der Waals surface area contributed by atoms with Crippen LogP contribution in [0.15, 0.2) is 11.6 Å². The minimum Gasteiger partial charge on any atom is -0.456 e. The van der Waals surface area contributed by atoms with Crippen molar-refractivity contribution in [2.45, 2.75) is 192 Å². The van der Waals surface area contributed by atoms with Crippen molar-refractivity contribution in [3.63, 3.8) is 0 Å². The summed E-state index contributed by atoms with van der Waals surface area (Å²) < 4.78 is 67.8. The van der Waals surface area contributed by atoms with E-state index < -0.39 is 123 Å². The molecule has 3 heterocycles. The fourth-order valence-electron chi connectivity index (χ4n) is 13.2. The molecule has 4 aliphatic carbocycles. The molecule has 332 valence electrons. The van der Waals surface area contributed by atoms with Gasteiger partial charge in [-0.1, -0.05) is 59.6 Å². The average molecular weight is 847 g/mol. The SMILES string of the molecule is CC(C)CCC[C@]1(C)OC(=O)C23C(O)C=C4C(CCC5C(C)(C)[C@@H](O[C@@H]6OC[C@@H](OS(=O)(=O)O)[C@H](O)[C@H]6O[C@@H]6O[C@H](C)[C@@H](O)[C@H](O)[C@H]6O)CC[C@]45C)[C@]2(C)CC[C@@]31O. The van der Waals surface area contributed by atoms with E-state index in [1.807, 2.05) is 13.0 Å². The molecule has 0 bridgehead atoms. The zero-order chi connectivity index (χ0) is 42.8. The van der Waals surface area contributed by atoms with Crippen molar-refractivity contribution in [2.24, 2.45) is 39.4 Å². The van der Waals surface area contributed by atoms with Crippen molar-refractivity contribution >= 4 is 16.4 Å². The van der Waals surface area contributed by atoms with Crippen molar-refractivity contribution in [3.05, 3.63) is 11.6 Å². The lowest BCUT2D eigenvalue weighted by Gasteiger charge is -2.64. The van der Waals surface area contributed by atoms with Crippen LogP contribution in [0, 0.1) is 39.4 Å². The maximum Gasteiger partial charge on any atom is 0.397 e. The number of hydrogen-bond donors (Lipinski definition) is 7. The van der Waals surface area contributed by atoms with Gasteiger partial charge in [0.15, 0.2) is 12.6 Å². The lowest BCUT2D eigenvalue weighted by atomic mass is 9.40. The van der Waals surface area contributed by atoms with E-state index in [0.29, 0.717) is 44.4 Å². The van der Waals surface area contributed by atoms with Gasteiger partial charge in [-0.2, -0.15) is 8.42 Å². The molecule has 3 aliphatic heterocycles. The lowest BCUT2D eigenvalue weighted by Crippen LogP contribution is -2.68. The molecule has 17 heteroatoms. The third-order valence-electron chi connectivity index (χ3n) is 16.3. The second-order valence-electron chi connectivity index (χ2n) is 20.2. The molecule has 7 aliphatic rings. The molecule has 7 N–H and O–H groups in total. The Morgan fingerprint density at radius 1 is 0.897 bits per heavy atom. The van der Waals surface area contributed by atoms with Crippen LogP contribution in [0.3, 0.4) is 0 Å². The largest absolute Gasteiger partial charge is 0.456 e. The second-order valence-corrected chi connectivity index (χ2v) is 21.2. The Hall–Kier alpha value is -1.32. The van der Waals surface area contributed by atoms with E-state index in [-0.39, 0.29) is 11.8 Å². The van der Waals surface area contributed by atoms with Gasteiger partial charge in [0.05, 0.1) is 24.9 Å². The van der Waals surface area contributed by atoms with Crippen LogP contribution in [-0.2, 0) is 43.1 Å². The van der Waals surface area contributed by atoms with Gasteiger partial charge in [-0.25, -0.2) is 4.18 Å². The number of carbonyl (C=O) groups is 1.